The van der Waals surface area contributed by atoms with E-state index in [0.29, 0.717) is 50.8 Å². The second kappa shape index (κ2) is 21.1. The van der Waals surface area contributed by atoms with Gasteiger partial charge in [0.05, 0.1) is 31.5 Å². The maximum Gasteiger partial charge on any atom is 0.145 e. The normalized spacial score (nSPS) is 36.1. The molecule has 336 valence electrons. The molecule has 0 saturated heterocycles. The van der Waals surface area contributed by atoms with Crippen LogP contribution in [0.25, 0.3) is 0 Å². The summed E-state index contributed by atoms with van der Waals surface area (Å²) in [6, 6.07) is 8.78. The van der Waals surface area contributed by atoms with E-state index in [1.165, 1.54) is 11.1 Å². The second-order valence-corrected chi connectivity index (χ2v) is 19.0. The molecule has 6 rings (SSSR count). The van der Waals surface area contributed by atoms with E-state index in [-0.39, 0.29) is 67.5 Å². The number of allylic oxidation sites excluding steroid dienone is 9. The minimum Gasteiger partial charge on any atom is -0.396 e. The van der Waals surface area contributed by atoms with Crippen molar-refractivity contribution in [2.45, 2.75) is 108 Å². The summed E-state index contributed by atoms with van der Waals surface area (Å²) in [5.74, 6) is -0.703. The highest BCUT2D eigenvalue weighted by Crippen LogP contribution is 2.67. The Bertz CT molecular complexity index is 1830. The van der Waals surface area contributed by atoms with Gasteiger partial charge in [-0.05, 0) is 150 Å². The molecular weight excluding hydrogens is 769 g/mol. The Labute approximate surface area is 364 Å². The Morgan fingerprint density at radius 2 is 1.89 bits per heavy atom. The van der Waals surface area contributed by atoms with Gasteiger partial charge < -0.3 is 40.3 Å². The van der Waals surface area contributed by atoms with Crippen LogP contribution in [0.15, 0.2) is 95.2 Å². The van der Waals surface area contributed by atoms with E-state index in [0.717, 1.165) is 67.1 Å². The average Bonchev–Trinajstić information content (AvgIpc) is 3.60. The molecule has 6 bridgehead atoms. The smallest absolute Gasteiger partial charge is 0.145 e. The maximum absolute atomic E-state index is 13.0. The minimum absolute atomic E-state index is 0.0425. The van der Waals surface area contributed by atoms with Gasteiger partial charge in [0.2, 0.25) is 0 Å². The molecule has 0 amide bonds. The van der Waals surface area contributed by atoms with Crippen molar-refractivity contribution in [1.29, 1.82) is 0 Å². The number of aliphatic hydroxyl groups excluding tert-OH is 4. The number of carbonyl (C=O) groups is 1. The van der Waals surface area contributed by atoms with E-state index in [4.69, 9.17) is 9.47 Å². The van der Waals surface area contributed by atoms with Crippen molar-refractivity contribution in [2.75, 3.05) is 53.7 Å². The molecule has 0 radical (unpaired) electrons. The number of aliphatic hydroxyl groups is 5. The van der Waals surface area contributed by atoms with Crippen molar-refractivity contribution >= 4 is 6.29 Å². The van der Waals surface area contributed by atoms with Crippen LogP contribution in [0.4, 0.5) is 0 Å². The van der Waals surface area contributed by atoms with Gasteiger partial charge >= 0.3 is 0 Å². The van der Waals surface area contributed by atoms with Crippen LogP contribution in [-0.2, 0) is 27.1 Å². The van der Waals surface area contributed by atoms with Crippen molar-refractivity contribution in [2.24, 2.45) is 40.9 Å². The highest BCUT2D eigenvalue weighted by molar-refractivity contribution is 5.74. The molecule has 2 saturated carbocycles. The molecule has 0 unspecified atom stereocenters. The molecule has 10 nitrogen and oxygen atoms in total. The lowest BCUT2D eigenvalue weighted by molar-refractivity contribution is -0.194. The van der Waals surface area contributed by atoms with Crippen molar-refractivity contribution in [1.82, 2.24) is 10.6 Å². The zero-order valence-corrected chi connectivity index (χ0v) is 37.2. The van der Waals surface area contributed by atoms with Crippen molar-refractivity contribution in [3.8, 4) is 0 Å². The first-order chi connectivity index (χ1) is 29.4. The molecule has 2 fully saturated rings. The average molecular weight is 843 g/mol. The van der Waals surface area contributed by atoms with Crippen molar-refractivity contribution < 1.29 is 39.8 Å². The van der Waals surface area contributed by atoms with Gasteiger partial charge in [-0.2, -0.15) is 0 Å². The predicted molar refractivity (Wildman–Crippen MR) is 240 cm³/mol. The summed E-state index contributed by atoms with van der Waals surface area (Å²) in [5, 5.41) is 64.2. The van der Waals surface area contributed by atoms with E-state index < -0.39 is 23.3 Å². The van der Waals surface area contributed by atoms with E-state index in [1.807, 2.05) is 26.1 Å². The summed E-state index contributed by atoms with van der Waals surface area (Å²) in [7, 11) is 3.58. The summed E-state index contributed by atoms with van der Waals surface area (Å²) in [5.41, 5.74) is 4.39. The number of hydrogen-bond donors (Lipinski definition) is 7. The molecule has 1 heterocycles. The standard InChI is InChI=1S/C51H74N2O8/c1-34(44-28-36-10-7-11-37(27-36)30-49(3,21-25-60-5)53-48(58)40-13-8-12-39(44)29-40)9-6-14-42(33-61-26-24-55)43-17-19-51(47(43)57)46-38(18-23-54)15-16-41(45(46)35(2)32-56)31-50(51,59)20-22-52-4/h6-7,9-11,14-16,27,29,32,38-39,41,43-44,46-48,52-55,57-59H,1,8,12-13,17-26,28,30-31,33H2,2-5H3/t38-,39-,41+,43-,44-,46-,47+,48-,49+,50+,51+/m0/s1. The largest absolute Gasteiger partial charge is 0.396 e. The molecule has 61 heavy (non-hydrogen) atoms. The highest BCUT2D eigenvalue weighted by Gasteiger charge is 2.68. The second-order valence-electron chi connectivity index (χ2n) is 19.0. The van der Waals surface area contributed by atoms with Crippen LogP contribution < -0.4 is 10.6 Å². The summed E-state index contributed by atoms with van der Waals surface area (Å²) in [6.45, 7) is 10.0. The Balaban J connectivity index is 1.34. The van der Waals surface area contributed by atoms with Crippen LogP contribution in [0.5, 0.6) is 0 Å². The third kappa shape index (κ3) is 10.2. The van der Waals surface area contributed by atoms with Gasteiger partial charge in [-0.15, -0.1) is 0 Å². The van der Waals surface area contributed by atoms with Gasteiger partial charge in [0.1, 0.15) is 12.5 Å². The number of aldehydes is 1. The van der Waals surface area contributed by atoms with Gasteiger partial charge in [0.25, 0.3) is 0 Å². The molecule has 7 N–H and O–H groups in total. The third-order valence-electron chi connectivity index (χ3n) is 15.2. The summed E-state index contributed by atoms with van der Waals surface area (Å²) in [6.07, 6.45) is 19.4. The fourth-order valence-corrected chi connectivity index (χ4v) is 12.2. The zero-order valence-electron chi connectivity index (χ0n) is 37.2. The van der Waals surface area contributed by atoms with Gasteiger partial charge in [-0.1, -0.05) is 78.4 Å². The maximum atomic E-state index is 13.0. The number of benzene rings is 1. The zero-order chi connectivity index (χ0) is 43.8. The number of hydrogen-bond acceptors (Lipinski definition) is 10. The van der Waals surface area contributed by atoms with Gasteiger partial charge in [0, 0.05) is 43.1 Å². The molecule has 0 aromatic heterocycles. The fraction of sp³-hybridized carbons (Fsp3) is 0.627. The third-order valence-corrected chi connectivity index (χ3v) is 15.2. The Morgan fingerprint density at radius 3 is 2.62 bits per heavy atom. The monoisotopic (exact) mass is 843 g/mol. The SMILES string of the molecule is C=C(C=CC=C(COCCO)[C@@H]1CC[C@]2([C@@H]1O)[C@@H]1C(=C(C)C=O)[C@H](C=C[C@H]1CCO)C[C@]2(O)CCNC)[C@@H]1Cc2cccc(c2)C[C@@](C)(CCOC)N[C@@H](O)C2=C[C@@H]1CCC2. The Hall–Kier alpha value is -3.03. The lowest BCUT2D eigenvalue weighted by atomic mass is 9.45. The Morgan fingerprint density at radius 1 is 1.08 bits per heavy atom. The molecule has 10 heteroatoms. The number of ether oxygens (including phenoxy) is 2. The number of nitrogens with one attached hydrogen (secondary N) is 2. The van der Waals surface area contributed by atoms with Gasteiger partial charge in [-0.25, -0.2) is 0 Å². The lowest BCUT2D eigenvalue weighted by Crippen LogP contribution is -2.65. The van der Waals surface area contributed by atoms with E-state index in [9.17, 15) is 30.3 Å². The van der Waals surface area contributed by atoms with Crippen LogP contribution in [0.1, 0.15) is 82.8 Å². The summed E-state index contributed by atoms with van der Waals surface area (Å²) in [4.78, 5) is 12.4. The van der Waals surface area contributed by atoms with Crippen LogP contribution in [0.3, 0.4) is 0 Å². The quantitative estimate of drug-likeness (QED) is 0.0341. The van der Waals surface area contributed by atoms with E-state index in [2.05, 4.69) is 72.7 Å². The lowest BCUT2D eigenvalue weighted by Gasteiger charge is -2.61. The van der Waals surface area contributed by atoms with Crippen molar-refractivity contribution in [3.63, 3.8) is 0 Å². The van der Waals surface area contributed by atoms with Gasteiger partial charge in [-0.3, -0.25) is 10.1 Å². The summed E-state index contributed by atoms with van der Waals surface area (Å²) >= 11 is 0. The number of rotatable bonds is 17. The topological polar surface area (TPSA) is 161 Å². The first-order valence-electron chi connectivity index (χ1n) is 22.8. The number of methoxy groups -OCH3 is 1. The van der Waals surface area contributed by atoms with Crippen LogP contribution >= 0.6 is 0 Å². The molecule has 1 aliphatic heterocycles. The predicted octanol–water partition coefficient (Wildman–Crippen LogP) is 5.70. The first-order valence-corrected chi connectivity index (χ1v) is 22.8. The molecule has 4 aliphatic carbocycles. The van der Waals surface area contributed by atoms with Gasteiger partial charge in [0.15, 0.2) is 0 Å². The Kier molecular flexibility index (Phi) is 16.4. The van der Waals surface area contributed by atoms with Crippen LogP contribution in [0, 0.1) is 40.9 Å². The number of fused-ring (bicyclic) bond motifs is 6. The number of carbonyl (C=O) groups excluding carboxylic acids is 1. The van der Waals surface area contributed by atoms with E-state index in [1.54, 1.807) is 7.11 Å². The molecule has 1 aromatic carbocycles. The molecule has 1 aromatic rings. The van der Waals surface area contributed by atoms with Crippen molar-refractivity contribution in [3.05, 3.63) is 106 Å². The molecule has 1 spiro atoms. The molecule has 5 aliphatic rings. The minimum atomic E-state index is -1.24. The molecular formula is C51H74N2O8. The summed E-state index contributed by atoms with van der Waals surface area (Å²) < 4.78 is 11.5. The van der Waals surface area contributed by atoms with Crippen LogP contribution in [-0.4, -0.2) is 109 Å². The first kappa shape index (κ1) is 47.4. The molecule has 11 atom stereocenters. The van der Waals surface area contributed by atoms with Crippen LogP contribution in [0.2, 0.25) is 0 Å². The van der Waals surface area contributed by atoms with E-state index >= 15 is 0 Å². The fourth-order valence-electron chi connectivity index (χ4n) is 12.2. The highest BCUT2D eigenvalue weighted by atomic mass is 16.5.